The molecule has 26 heavy (non-hydrogen) atoms. The van der Waals surface area contributed by atoms with Gasteiger partial charge in [-0.25, -0.2) is 4.79 Å². The molecule has 0 spiro atoms. The molecule has 1 aromatic carbocycles. The van der Waals surface area contributed by atoms with Gasteiger partial charge in [0.25, 0.3) is 0 Å². The zero-order valence-electron chi connectivity index (χ0n) is 16.9. The monoisotopic (exact) mass is 359 g/mol. The highest BCUT2D eigenvalue weighted by Gasteiger charge is 2.81. The van der Waals surface area contributed by atoms with E-state index in [0.717, 1.165) is 18.4 Å². The van der Waals surface area contributed by atoms with Crippen molar-refractivity contribution >= 4 is 5.97 Å². The van der Waals surface area contributed by atoms with E-state index in [0.29, 0.717) is 0 Å². The van der Waals surface area contributed by atoms with Crippen LogP contribution in [0.15, 0.2) is 30.3 Å². The van der Waals surface area contributed by atoms with Gasteiger partial charge in [-0.15, -0.1) is 5.06 Å². The molecule has 0 bridgehead atoms. The second kappa shape index (κ2) is 6.97. The Bertz CT molecular complexity index is 639. The first-order valence-corrected chi connectivity index (χ1v) is 10.0. The Morgan fingerprint density at radius 3 is 2.35 bits per heavy atom. The summed E-state index contributed by atoms with van der Waals surface area (Å²) in [6.07, 6.45) is 7.05. The summed E-state index contributed by atoms with van der Waals surface area (Å²) in [6, 6.07) is 10.2. The highest BCUT2D eigenvalue weighted by Crippen LogP contribution is 2.63. The van der Waals surface area contributed by atoms with Crippen molar-refractivity contribution in [3.63, 3.8) is 0 Å². The minimum atomic E-state index is -0.885. The van der Waals surface area contributed by atoms with E-state index in [1.54, 1.807) is 0 Å². The van der Waals surface area contributed by atoms with E-state index in [9.17, 15) is 4.79 Å². The van der Waals surface area contributed by atoms with Crippen LogP contribution < -0.4 is 0 Å². The molecule has 1 aromatic rings. The Kier molecular flexibility index (Phi) is 5.19. The van der Waals surface area contributed by atoms with Crippen LogP contribution in [0.3, 0.4) is 0 Å². The number of hydrogen-bond acceptors (Lipinski definition) is 4. The highest BCUT2D eigenvalue weighted by molar-refractivity contribution is 5.86. The third kappa shape index (κ3) is 3.07. The summed E-state index contributed by atoms with van der Waals surface area (Å²) in [5, 5.41) is 1.90. The van der Waals surface area contributed by atoms with Crippen molar-refractivity contribution in [2.75, 3.05) is 0 Å². The third-order valence-corrected chi connectivity index (χ3v) is 5.80. The fourth-order valence-electron chi connectivity index (χ4n) is 4.36. The first kappa shape index (κ1) is 19.4. The van der Waals surface area contributed by atoms with Gasteiger partial charge in [-0.05, 0) is 39.7 Å². The minimum Gasteiger partial charge on any atom is -0.364 e. The van der Waals surface area contributed by atoms with Crippen molar-refractivity contribution in [3.05, 3.63) is 35.9 Å². The average molecular weight is 360 g/mol. The van der Waals surface area contributed by atoms with Crippen LogP contribution >= 0.6 is 0 Å². The maximum Gasteiger partial charge on any atom is 0.360 e. The Morgan fingerprint density at radius 2 is 1.73 bits per heavy atom. The molecule has 2 fully saturated rings. The van der Waals surface area contributed by atoms with E-state index in [1.165, 1.54) is 25.7 Å². The van der Waals surface area contributed by atoms with Crippen molar-refractivity contribution in [2.45, 2.75) is 95.9 Å². The van der Waals surface area contributed by atoms with Crippen molar-refractivity contribution in [1.29, 1.82) is 0 Å². The van der Waals surface area contributed by atoms with Gasteiger partial charge in [-0.2, -0.15) is 0 Å². The largest absolute Gasteiger partial charge is 0.364 e. The summed E-state index contributed by atoms with van der Waals surface area (Å²) in [6.45, 7) is 10.4. The van der Waals surface area contributed by atoms with Crippen LogP contribution in [0.1, 0.15) is 78.7 Å². The normalized spacial score (nSPS) is 31.4. The lowest BCUT2D eigenvalue weighted by molar-refractivity contribution is -0.252. The maximum absolute atomic E-state index is 12.8. The number of carbonyl (C=O) groups excluding carboxylic acids is 1. The van der Waals surface area contributed by atoms with E-state index >= 15 is 0 Å². The highest BCUT2D eigenvalue weighted by atomic mass is 16.8. The van der Waals surface area contributed by atoms with E-state index in [-0.39, 0.29) is 17.6 Å². The smallest absolute Gasteiger partial charge is 0.360 e. The zero-order valence-corrected chi connectivity index (χ0v) is 16.9. The van der Waals surface area contributed by atoms with Gasteiger partial charge in [0.05, 0.1) is 6.04 Å². The van der Waals surface area contributed by atoms with Gasteiger partial charge in [0.2, 0.25) is 0 Å². The quantitative estimate of drug-likeness (QED) is 0.509. The molecule has 2 heterocycles. The van der Waals surface area contributed by atoms with Crippen LogP contribution in [-0.4, -0.2) is 28.2 Å². The summed E-state index contributed by atoms with van der Waals surface area (Å²) in [4.78, 5) is 18.6. The third-order valence-electron chi connectivity index (χ3n) is 5.80. The van der Waals surface area contributed by atoms with Gasteiger partial charge in [0, 0.05) is 5.54 Å². The number of carbonyl (C=O) groups is 1. The lowest BCUT2D eigenvalue weighted by Gasteiger charge is -2.45. The molecule has 0 aromatic heterocycles. The summed E-state index contributed by atoms with van der Waals surface area (Å²) in [7, 11) is 0. The van der Waals surface area contributed by atoms with Crippen LogP contribution in [0.5, 0.6) is 0 Å². The van der Waals surface area contributed by atoms with E-state index in [2.05, 4.69) is 39.8 Å². The van der Waals surface area contributed by atoms with Gasteiger partial charge < -0.3 is 9.57 Å². The number of epoxide rings is 1. The second-order valence-corrected chi connectivity index (χ2v) is 8.83. The fourth-order valence-corrected chi connectivity index (χ4v) is 4.36. The van der Waals surface area contributed by atoms with Crippen molar-refractivity contribution in [2.24, 2.45) is 0 Å². The zero-order chi connectivity index (χ0) is 19.0. The summed E-state index contributed by atoms with van der Waals surface area (Å²) >= 11 is 0. The number of benzene rings is 1. The molecule has 3 atom stereocenters. The molecular formula is C22H33NO3. The van der Waals surface area contributed by atoms with Gasteiger partial charge >= 0.3 is 5.97 Å². The molecule has 0 unspecified atom stereocenters. The van der Waals surface area contributed by atoms with Gasteiger partial charge in [-0.3, -0.25) is 0 Å². The number of nitrogens with zero attached hydrogens (tertiary/aromatic N) is 1. The first-order valence-electron chi connectivity index (χ1n) is 10.0. The van der Waals surface area contributed by atoms with Crippen LogP contribution in [-0.2, 0) is 20.0 Å². The molecule has 4 nitrogen and oxygen atoms in total. The van der Waals surface area contributed by atoms with Crippen LogP contribution in [0.2, 0.25) is 0 Å². The molecule has 3 rings (SSSR count). The molecule has 2 saturated heterocycles. The molecule has 0 saturated carbocycles. The molecule has 144 valence electrons. The summed E-state index contributed by atoms with van der Waals surface area (Å²) < 4.78 is 6.25. The second-order valence-electron chi connectivity index (χ2n) is 8.83. The number of unbranched alkanes of at least 4 members (excludes halogenated alkanes) is 4. The summed E-state index contributed by atoms with van der Waals surface area (Å²) in [5.74, 6) is -0.279. The van der Waals surface area contributed by atoms with E-state index in [4.69, 9.17) is 9.57 Å². The number of rotatable bonds is 7. The first-order chi connectivity index (χ1) is 12.3. The van der Waals surface area contributed by atoms with Crippen molar-refractivity contribution < 1.29 is 14.4 Å². The van der Waals surface area contributed by atoms with Gasteiger partial charge in [0.15, 0.2) is 11.2 Å². The maximum atomic E-state index is 12.8. The predicted molar refractivity (Wildman–Crippen MR) is 102 cm³/mol. The number of fused-ring (bicyclic) bond motifs is 1. The lowest BCUT2D eigenvalue weighted by atomic mass is 9.77. The standard InChI is InChI=1S/C22H33NO3/c1-6-7-8-9-13-16-18-22(17-14-11-10-12-15-17)21(5,26-22)19(24)25-23(18)20(2,3)4/h10-12,14-15,18H,6-9,13,16H2,1-5H3/t18-,21+,22-/m0/s1. The van der Waals surface area contributed by atoms with Gasteiger partial charge in [-0.1, -0.05) is 69.4 Å². The Labute approximate surface area is 157 Å². The lowest BCUT2D eigenvalue weighted by Crippen LogP contribution is -2.61. The topological polar surface area (TPSA) is 42.1 Å². The minimum absolute atomic E-state index is 0.0224. The van der Waals surface area contributed by atoms with Crippen LogP contribution in [0, 0.1) is 0 Å². The Balaban J connectivity index is 1.91. The molecule has 2 aliphatic rings. The molecule has 0 amide bonds. The predicted octanol–water partition coefficient (Wildman–Crippen LogP) is 4.97. The molecule has 0 N–H and O–H groups in total. The Morgan fingerprint density at radius 1 is 1.08 bits per heavy atom. The van der Waals surface area contributed by atoms with E-state index in [1.807, 2.05) is 30.2 Å². The molecule has 2 aliphatic heterocycles. The SMILES string of the molecule is CCCCCCC[C@@H]1N(C(C)(C)C)OC(=O)[C@@]2(C)O[C@@]12c1ccccc1. The van der Waals surface area contributed by atoms with Crippen molar-refractivity contribution in [1.82, 2.24) is 5.06 Å². The molecule has 0 aliphatic carbocycles. The molecule has 0 radical (unpaired) electrons. The molecule has 4 heteroatoms. The van der Waals surface area contributed by atoms with E-state index < -0.39 is 11.2 Å². The number of hydrogen-bond donors (Lipinski definition) is 0. The Hall–Kier alpha value is -1.39. The average Bonchev–Trinajstić information content (AvgIpc) is 3.26. The summed E-state index contributed by atoms with van der Waals surface area (Å²) in [5.41, 5.74) is -0.697. The van der Waals surface area contributed by atoms with Gasteiger partial charge in [0.1, 0.15) is 0 Å². The number of ether oxygens (including phenoxy) is 1. The molecular weight excluding hydrogens is 326 g/mol. The fraction of sp³-hybridized carbons (Fsp3) is 0.682. The van der Waals surface area contributed by atoms with Crippen LogP contribution in [0.25, 0.3) is 0 Å². The number of hydroxylamine groups is 2. The van der Waals surface area contributed by atoms with Crippen LogP contribution in [0.4, 0.5) is 0 Å². The van der Waals surface area contributed by atoms with Crippen molar-refractivity contribution in [3.8, 4) is 0 Å².